The summed E-state index contributed by atoms with van der Waals surface area (Å²) in [6.45, 7) is 2.17. The lowest BCUT2D eigenvalue weighted by Gasteiger charge is -2.36. The SMILES string of the molecule is C[C@@]1([C@H](O)c2cccs2)Cc2ccc(C#N)cc2[C@@H]1c1ccccc1. The van der Waals surface area contributed by atoms with E-state index in [9.17, 15) is 10.4 Å². The molecule has 0 fully saturated rings. The number of aliphatic hydroxyl groups is 1. The molecule has 0 saturated heterocycles. The summed E-state index contributed by atoms with van der Waals surface area (Å²) in [4.78, 5) is 0.997. The van der Waals surface area contributed by atoms with E-state index in [0.717, 1.165) is 11.3 Å². The van der Waals surface area contributed by atoms with E-state index < -0.39 is 6.10 Å². The topological polar surface area (TPSA) is 44.0 Å². The Hall–Kier alpha value is -2.41. The molecular formula is C22H19NOS. The van der Waals surface area contributed by atoms with Gasteiger partial charge in [-0.25, -0.2) is 0 Å². The van der Waals surface area contributed by atoms with Gasteiger partial charge in [-0.1, -0.05) is 49.4 Å². The van der Waals surface area contributed by atoms with Crippen LogP contribution in [0.4, 0.5) is 0 Å². The molecule has 2 aromatic carbocycles. The van der Waals surface area contributed by atoms with Crippen LogP contribution in [0.2, 0.25) is 0 Å². The standard InChI is InChI=1S/C22H19NOS/c1-22(21(24)19-8-5-11-25-19)13-17-10-9-15(14-23)12-18(17)20(22)16-6-3-2-4-7-16/h2-12,20-21,24H,13H2,1H3/t20-,21+,22+/m0/s1. The number of fused-ring (bicyclic) bond motifs is 1. The molecule has 0 aliphatic heterocycles. The predicted octanol–water partition coefficient (Wildman–Crippen LogP) is 5.05. The Morgan fingerprint density at radius 2 is 1.96 bits per heavy atom. The van der Waals surface area contributed by atoms with E-state index in [4.69, 9.17) is 0 Å². The molecule has 1 heterocycles. The van der Waals surface area contributed by atoms with Crippen molar-refractivity contribution in [3.05, 3.63) is 93.2 Å². The van der Waals surface area contributed by atoms with Gasteiger partial charge in [-0.3, -0.25) is 0 Å². The van der Waals surface area contributed by atoms with Crippen LogP contribution in [0.25, 0.3) is 0 Å². The van der Waals surface area contributed by atoms with Crippen molar-refractivity contribution in [2.75, 3.05) is 0 Å². The summed E-state index contributed by atoms with van der Waals surface area (Å²) in [5, 5.41) is 22.6. The maximum atomic E-state index is 11.2. The van der Waals surface area contributed by atoms with Crippen molar-refractivity contribution in [3.8, 4) is 6.07 Å². The molecule has 1 aliphatic carbocycles. The zero-order chi connectivity index (χ0) is 17.4. The molecule has 0 radical (unpaired) electrons. The molecule has 0 unspecified atom stereocenters. The van der Waals surface area contributed by atoms with Crippen LogP contribution < -0.4 is 0 Å². The fourth-order valence-electron chi connectivity index (χ4n) is 4.19. The number of nitriles is 1. The largest absolute Gasteiger partial charge is 0.387 e. The third kappa shape index (κ3) is 2.59. The lowest BCUT2D eigenvalue weighted by atomic mass is 9.70. The number of thiophene rings is 1. The van der Waals surface area contributed by atoms with Gasteiger partial charge in [0.25, 0.3) is 0 Å². The summed E-state index contributed by atoms with van der Waals surface area (Å²) in [7, 11) is 0. The maximum Gasteiger partial charge on any atom is 0.0991 e. The Morgan fingerprint density at radius 1 is 1.16 bits per heavy atom. The van der Waals surface area contributed by atoms with Crippen molar-refractivity contribution < 1.29 is 5.11 Å². The van der Waals surface area contributed by atoms with Crippen molar-refractivity contribution >= 4 is 11.3 Å². The van der Waals surface area contributed by atoms with Crippen LogP contribution >= 0.6 is 11.3 Å². The molecule has 3 aromatic rings. The van der Waals surface area contributed by atoms with Crippen molar-refractivity contribution in [3.63, 3.8) is 0 Å². The Balaban J connectivity index is 1.88. The summed E-state index contributed by atoms with van der Waals surface area (Å²) in [5.74, 6) is 0.0640. The quantitative estimate of drug-likeness (QED) is 0.722. The first-order valence-corrected chi connectivity index (χ1v) is 9.31. The number of nitrogens with zero attached hydrogens (tertiary/aromatic N) is 1. The first-order chi connectivity index (χ1) is 12.1. The van der Waals surface area contributed by atoms with Crippen LogP contribution in [0.5, 0.6) is 0 Å². The summed E-state index contributed by atoms with van der Waals surface area (Å²) in [6.07, 6.45) is 0.253. The fourth-order valence-corrected chi connectivity index (χ4v) is 5.06. The van der Waals surface area contributed by atoms with Crippen LogP contribution in [-0.4, -0.2) is 5.11 Å². The number of hydrogen-bond donors (Lipinski definition) is 1. The Labute approximate surface area is 152 Å². The first kappa shape index (κ1) is 16.1. The van der Waals surface area contributed by atoms with E-state index in [1.807, 2.05) is 47.8 Å². The lowest BCUT2D eigenvalue weighted by molar-refractivity contribution is 0.0346. The fraction of sp³-hybridized carbons (Fsp3) is 0.227. The van der Waals surface area contributed by atoms with E-state index in [2.05, 4.69) is 31.2 Å². The van der Waals surface area contributed by atoms with Gasteiger partial charge in [0, 0.05) is 16.2 Å². The van der Waals surface area contributed by atoms with Crippen LogP contribution in [0, 0.1) is 16.7 Å². The summed E-state index contributed by atoms with van der Waals surface area (Å²) in [5.41, 5.74) is 3.92. The molecule has 25 heavy (non-hydrogen) atoms. The highest BCUT2D eigenvalue weighted by Gasteiger charge is 2.48. The molecule has 1 aliphatic rings. The van der Waals surface area contributed by atoms with Gasteiger partial charge in [0.1, 0.15) is 0 Å². The third-order valence-electron chi connectivity index (χ3n) is 5.39. The van der Waals surface area contributed by atoms with Crippen LogP contribution in [0.15, 0.2) is 66.0 Å². The molecule has 0 spiro atoms. The third-order valence-corrected chi connectivity index (χ3v) is 6.31. The van der Waals surface area contributed by atoms with E-state index >= 15 is 0 Å². The smallest absolute Gasteiger partial charge is 0.0991 e. The number of aliphatic hydroxyl groups excluding tert-OH is 1. The minimum absolute atomic E-state index is 0.0640. The second-order valence-corrected chi connectivity index (χ2v) is 7.95. The van der Waals surface area contributed by atoms with Gasteiger partial charge in [-0.2, -0.15) is 5.26 Å². The van der Waals surface area contributed by atoms with Crippen molar-refractivity contribution in [1.29, 1.82) is 5.26 Å². The number of hydrogen-bond acceptors (Lipinski definition) is 3. The molecule has 2 nitrogen and oxygen atoms in total. The molecule has 4 rings (SSSR count). The lowest BCUT2D eigenvalue weighted by Crippen LogP contribution is -2.30. The summed E-state index contributed by atoms with van der Waals surface area (Å²) < 4.78 is 0. The molecule has 0 amide bonds. The van der Waals surface area contributed by atoms with Gasteiger partial charge in [-0.05, 0) is 46.7 Å². The van der Waals surface area contributed by atoms with Crippen LogP contribution in [0.3, 0.4) is 0 Å². The van der Waals surface area contributed by atoms with Gasteiger partial charge in [0.2, 0.25) is 0 Å². The summed E-state index contributed by atoms with van der Waals surface area (Å²) >= 11 is 1.60. The van der Waals surface area contributed by atoms with Crippen molar-refractivity contribution in [2.24, 2.45) is 5.41 Å². The van der Waals surface area contributed by atoms with Gasteiger partial charge in [0.05, 0.1) is 17.7 Å². The Kier molecular flexibility index (Phi) is 3.95. The van der Waals surface area contributed by atoms with Gasteiger partial charge in [0.15, 0.2) is 0 Å². The van der Waals surface area contributed by atoms with E-state index in [1.165, 1.54) is 16.7 Å². The molecule has 3 atom stereocenters. The Morgan fingerprint density at radius 3 is 2.64 bits per heavy atom. The number of rotatable bonds is 3. The highest BCUT2D eigenvalue weighted by Crippen LogP contribution is 2.57. The van der Waals surface area contributed by atoms with Crippen molar-refractivity contribution in [2.45, 2.75) is 25.4 Å². The minimum Gasteiger partial charge on any atom is -0.387 e. The Bertz CT molecular complexity index is 926. The van der Waals surface area contributed by atoms with Crippen molar-refractivity contribution in [1.82, 2.24) is 0 Å². The normalized spacial score (nSPS) is 23.0. The van der Waals surface area contributed by atoms with Gasteiger partial charge < -0.3 is 5.11 Å². The molecule has 3 heteroatoms. The van der Waals surface area contributed by atoms with E-state index in [1.54, 1.807) is 11.3 Å². The highest BCUT2D eigenvalue weighted by molar-refractivity contribution is 7.10. The second kappa shape index (κ2) is 6.15. The van der Waals surface area contributed by atoms with Gasteiger partial charge in [-0.15, -0.1) is 11.3 Å². The maximum absolute atomic E-state index is 11.2. The minimum atomic E-state index is -0.546. The molecule has 124 valence electrons. The van der Waals surface area contributed by atoms with E-state index in [-0.39, 0.29) is 11.3 Å². The van der Waals surface area contributed by atoms with Crippen LogP contribution in [-0.2, 0) is 6.42 Å². The van der Waals surface area contributed by atoms with Gasteiger partial charge >= 0.3 is 0 Å². The average Bonchev–Trinajstić information content (AvgIpc) is 3.27. The molecule has 1 N–H and O–H groups in total. The molecule has 0 bridgehead atoms. The molecule has 0 saturated carbocycles. The van der Waals surface area contributed by atoms with Crippen LogP contribution in [0.1, 0.15) is 46.1 Å². The average molecular weight is 345 g/mol. The monoisotopic (exact) mass is 345 g/mol. The highest BCUT2D eigenvalue weighted by atomic mass is 32.1. The first-order valence-electron chi connectivity index (χ1n) is 8.43. The zero-order valence-corrected chi connectivity index (χ0v) is 14.8. The second-order valence-electron chi connectivity index (χ2n) is 6.97. The number of benzene rings is 2. The zero-order valence-electron chi connectivity index (χ0n) is 14.0. The predicted molar refractivity (Wildman–Crippen MR) is 101 cm³/mol. The van der Waals surface area contributed by atoms with E-state index in [0.29, 0.717) is 5.56 Å². The molecular weight excluding hydrogens is 326 g/mol. The summed E-state index contributed by atoms with van der Waals surface area (Å²) in [6, 6.07) is 22.5. The molecule has 1 aromatic heterocycles.